The lowest BCUT2D eigenvalue weighted by Gasteiger charge is -2.19. The van der Waals surface area contributed by atoms with Crippen LogP contribution in [0, 0.1) is 5.82 Å². The molecule has 0 unspecified atom stereocenters. The number of hydrazone groups is 1. The number of nitrogens with zero attached hydrogens (tertiary/aromatic N) is 1. The lowest BCUT2D eigenvalue weighted by molar-refractivity contribution is 0.320. The first kappa shape index (κ1) is 13.6. The molecule has 108 valence electrons. The van der Waals surface area contributed by atoms with Crippen molar-refractivity contribution >= 4 is 11.4 Å². The van der Waals surface area contributed by atoms with E-state index < -0.39 is 0 Å². The van der Waals surface area contributed by atoms with Crippen LogP contribution in [-0.4, -0.2) is 12.3 Å². The van der Waals surface area contributed by atoms with Gasteiger partial charge in [-0.15, -0.1) is 0 Å². The molecule has 21 heavy (non-hydrogen) atoms. The summed E-state index contributed by atoms with van der Waals surface area (Å²) in [6.45, 7) is 2.67. The fourth-order valence-electron chi connectivity index (χ4n) is 2.43. The third-order valence-corrected chi connectivity index (χ3v) is 3.56. The Morgan fingerprint density at radius 2 is 2.10 bits per heavy atom. The van der Waals surface area contributed by atoms with Gasteiger partial charge in [-0.1, -0.05) is 25.1 Å². The summed E-state index contributed by atoms with van der Waals surface area (Å²) in [6, 6.07) is 12.6. The number of nitrogens with one attached hydrogen (secondary N) is 1. The molecule has 1 aliphatic heterocycles. The minimum absolute atomic E-state index is 0.277. The summed E-state index contributed by atoms with van der Waals surface area (Å²) in [5.74, 6) is 0.410. The summed E-state index contributed by atoms with van der Waals surface area (Å²) in [7, 11) is 0. The Morgan fingerprint density at radius 3 is 2.95 bits per heavy atom. The molecule has 0 radical (unpaired) electrons. The van der Waals surface area contributed by atoms with Gasteiger partial charge in [-0.05, 0) is 36.2 Å². The first-order valence-corrected chi connectivity index (χ1v) is 7.11. The van der Waals surface area contributed by atoms with Crippen LogP contribution in [-0.2, 0) is 6.42 Å². The third-order valence-electron chi connectivity index (χ3n) is 3.56. The maximum atomic E-state index is 13.4. The van der Waals surface area contributed by atoms with E-state index in [4.69, 9.17) is 4.74 Å². The zero-order valence-electron chi connectivity index (χ0n) is 11.9. The van der Waals surface area contributed by atoms with Gasteiger partial charge in [-0.25, -0.2) is 4.39 Å². The molecule has 2 aromatic rings. The van der Waals surface area contributed by atoms with E-state index in [9.17, 15) is 4.39 Å². The fraction of sp³-hybridized carbons (Fsp3) is 0.235. The molecule has 0 aliphatic carbocycles. The van der Waals surface area contributed by atoms with Crippen molar-refractivity contribution < 1.29 is 9.13 Å². The summed E-state index contributed by atoms with van der Waals surface area (Å²) in [4.78, 5) is 0. The number of aryl methyl sites for hydroxylation is 1. The molecule has 0 saturated heterocycles. The molecule has 0 saturated carbocycles. The van der Waals surface area contributed by atoms with E-state index in [1.807, 2.05) is 18.2 Å². The third kappa shape index (κ3) is 2.89. The zero-order chi connectivity index (χ0) is 14.7. The highest BCUT2D eigenvalue weighted by Crippen LogP contribution is 2.26. The first-order valence-electron chi connectivity index (χ1n) is 7.11. The van der Waals surface area contributed by atoms with Crippen LogP contribution in [0.3, 0.4) is 0 Å². The molecule has 1 aliphatic rings. The Kier molecular flexibility index (Phi) is 3.86. The van der Waals surface area contributed by atoms with Crippen LogP contribution < -0.4 is 10.2 Å². The molecule has 0 spiro atoms. The predicted octanol–water partition coefficient (Wildman–Crippen LogP) is 3.99. The molecule has 2 aromatic carbocycles. The number of halogens is 1. The molecule has 1 heterocycles. The second kappa shape index (κ2) is 5.95. The van der Waals surface area contributed by atoms with Crippen molar-refractivity contribution in [1.29, 1.82) is 0 Å². The first-order chi connectivity index (χ1) is 10.3. The largest absolute Gasteiger partial charge is 0.492 e. The lowest BCUT2D eigenvalue weighted by Crippen LogP contribution is -2.17. The summed E-state index contributed by atoms with van der Waals surface area (Å²) >= 11 is 0. The van der Waals surface area contributed by atoms with Gasteiger partial charge in [0.15, 0.2) is 0 Å². The van der Waals surface area contributed by atoms with Crippen molar-refractivity contribution in [2.45, 2.75) is 19.8 Å². The standard InChI is InChI=1S/C17H17FN2O/c1-2-12-5-3-4-6-15(12)19-20-16-9-10-21-17-8-7-13(18)11-14(16)17/h3-8,11,19H,2,9-10H2,1H3/b20-16+. The number of rotatable bonds is 3. The van der Waals surface area contributed by atoms with Crippen molar-refractivity contribution in [1.82, 2.24) is 0 Å². The highest BCUT2D eigenvalue weighted by molar-refractivity contribution is 6.04. The van der Waals surface area contributed by atoms with Crippen LogP contribution in [0.15, 0.2) is 47.6 Å². The second-order valence-corrected chi connectivity index (χ2v) is 4.92. The predicted molar refractivity (Wildman–Crippen MR) is 82.5 cm³/mol. The van der Waals surface area contributed by atoms with Crippen LogP contribution in [0.5, 0.6) is 5.75 Å². The summed E-state index contributed by atoms with van der Waals surface area (Å²) < 4.78 is 18.9. The Morgan fingerprint density at radius 1 is 1.24 bits per heavy atom. The molecule has 0 atom stereocenters. The maximum Gasteiger partial charge on any atom is 0.128 e. The second-order valence-electron chi connectivity index (χ2n) is 4.92. The Bertz CT molecular complexity index is 682. The maximum absolute atomic E-state index is 13.4. The van der Waals surface area contributed by atoms with Crippen LogP contribution in [0.2, 0.25) is 0 Å². The van der Waals surface area contributed by atoms with Crippen molar-refractivity contribution in [3.05, 3.63) is 59.4 Å². The molecule has 3 nitrogen and oxygen atoms in total. The van der Waals surface area contributed by atoms with Gasteiger partial charge < -0.3 is 4.74 Å². The summed E-state index contributed by atoms with van der Waals surface area (Å²) in [5, 5.41) is 4.46. The number of fused-ring (bicyclic) bond motifs is 1. The normalized spacial score (nSPS) is 15.4. The van der Waals surface area contributed by atoms with Crippen LogP contribution in [0.25, 0.3) is 0 Å². The van der Waals surface area contributed by atoms with Gasteiger partial charge in [0.1, 0.15) is 11.6 Å². The number of para-hydroxylation sites is 1. The van der Waals surface area contributed by atoms with Gasteiger partial charge in [0, 0.05) is 12.0 Å². The molecule has 0 aromatic heterocycles. The van der Waals surface area contributed by atoms with Gasteiger partial charge >= 0.3 is 0 Å². The molecule has 0 amide bonds. The van der Waals surface area contributed by atoms with Gasteiger partial charge in [0.25, 0.3) is 0 Å². The fourth-order valence-corrected chi connectivity index (χ4v) is 2.43. The topological polar surface area (TPSA) is 33.6 Å². The molecule has 1 N–H and O–H groups in total. The van der Waals surface area contributed by atoms with Gasteiger partial charge in [0.2, 0.25) is 0 Å². The summed E-state index contributed by atoms with van der Waals surface area (Å²) in [5.41, 5.74) is 6.84. The van der Waals surface area contributed by atoms with Crippen LogP contribution in [0.4, 0.5) is 10.1 Å². The van der Waals surface area contributed by atoms with E-state index in [0.29, 0.717) is 18.8 Å². The molecular formula is C17H17FN2O. The Hall–Kier alpha value is -2.36. The Balaban J connectivity index is 1.90. The molecular weight excluding hydrogens is 267 g/mol. The molecule has 0 fully saturated rings. The van der Waals surface area contributed by atoms with E-state index in [0.717, 1.165) is 23.4 Å². The highest BCUT2D eigenvalue weighted by atomic mass is 19.1. The lowest BCUT2D eigenvalue weighted by atomic mass is 10.0. The van der Waals surface area contributed by atoms with Gasteiger partial charge in [-0.2, -0.15) is 5.10 Å². The van der Waals surface area contributed by atoms with Crippen LogP contribution >= 0.6 is 0 Å². The number of anilines is 1. The average Bonchev–Trinajstić information content (AvgIpc) is 2.53. The van der Waals surface area contributed by atoms with Crippen molar-refractivity contribution in [3.8, 4) is 5.75 Å². The van der Waals surface area contributed by atoms with Gasteiger partial charge in [-0.3, -0.25) is 5.43 Å². The number of benzene rings is 2. The van der Waals surface area contributed by atoms with E-state index in [2.05, 4.69) is 23.5 Å². The number of ether oxygens (including phenoxy) is 1. The molecule has 3 rings (SSSR count). The SMILES string of the molecule is CCc1ccccc1N/N=C1\CCOc2ccc(F)cc21. The van der Waals surface area contributed by atoms with E-state index in [-0.39, 0.29) is 5.82 Å². The van der Waals surface area contributed by atoms with Gasteiger partial charge in [0.05, 0.1) is 18.0 Å². The van der Waals surface area contributed by atoms with Crippen LogP contribution in [0.1, 0.15) is 24.5 Å². The molecule has 0 bridgehead atoms. The highest BCUT2D eigenvalue weighted by Gasteiger charge is 2.17. The van der Waals surface area contributed by atoms with E-state index >= 15 is 0 Å². The smallest absolute Gasteiger partial charge is 0.128 e. The van der Waals surface area contributed by atoms with E-state index in [1.54, 1.807) is 6.07 Å². The summed E-state index contributed by atoms with van der Waals surface area (Å²) in [6.07, 6.45) is 1.60. The zero-order valence-corrected chi connectivity index (χ0v) is 11.9. The van der Waals surface area contributed by atoms with Crippen molar-refractivity contribution in [2.75, 3.05) is 12.0 Å². The minimum Gasteiger partial charge on any atom is -0.492 e. The number of hydrogen-bond donors (Lipinski definition) is 1. The Labute approximate surface area is 123 Å². The van der Waals surface area contributed by atoms with E-state index in [1.165, 1.54) is 17.7 Å². The quantitative estimate of drug-likeness (QED) is 0.865. The monoisotopic (exact) mass is 284 g/mol. The minimum atomic E-state index is -0.277. The average molecular weight is 284 g/mol. The van der Waals surface area contributed by atoms with Crippen molar-refractivity contribution in [2.24, 2.45) is 5.10 Å². The molecule has 4 heteroatoms. The van der Waals surface area contributed by atoms with Crippen molar-refractivity contribution in [3.63, 3.8) is 0 Å². The number of hydrogen-bond acceptors (Lipinski definition) is 3.